The van der Waals surface area contributed by atoms with Crippen LogP contribution in [0.5, 0.6) is 0 Å². The molecule has 0 nitrogen and oxygen atoms in total. The minimum atomic E-state index is 0. The molecule has 0 spiro atoms. The van der Waals surface area contributed by atoms with Gasteiger partial charge in [0.25, 0.3) is 0 Å². The molecule has 0 bridgehead atoms. The Hall–Kier alpha value is 1.03. The Morgan fingerprint density at radius 2 is 1.12 bits per heavy atom. The average Bonchev–Trinajstić information content (AvgIpc) is 1.27. The van der Waals surface area contributed by atoms with E-state index in [1.165, 1.54) is 0 Å². The quantitative estimate of drug-likeness (QED) is 0.391. The van der Waals surface area contributed by atoms with Crippen LogP contribution in [0.1, 0.15) is 27.7 Å². The second-order valence-corrected chi connectivity index (χ2v) is 5.12. The molecule has 0 aromatic heterocycles. The van der Waals surface area contributed by atoms with E-state index in [0.29, 0.717) is 0 Å². The topological polar surface area (TPSA) is 0 Å². The molecule has 0 unspecified atom stereocenters. The van der Waals surface area contributed by atoms with E-state index in [1.54, 1.807) is 0 Å². The van der Waals surface area contributed by atoms with Gasteiger partial charge in [0.2, 0.25) is 0 Å². The van der Waals surface area contributed by atoms with Crippen molar-refractivity contribution >= 4 is 27.4 Å². The number of hydrogen-bond acceptors (Lipinski definition) is 0. The zero-order valence-electron chi connectivity index (χ0n) is 6.65. The molecule has 8 heavy (non-hydrogen) atoms. The van der Waals surface area contributed by atoms with E-state index in [9.17, 15) is 0 Å². The summed E-state index contributed by atoms with van der Waals surface area (Å²) in [7, 11) is 1.15. The number of hydrogen-bond donors (Lipinski definition) is 0. The van der Waals surface area contributed by atoms with Crippen LogP contribution in [0.15, 0.2) is 0 Å². The van der Waals surface area contributed by atoms with E-state index < -0.39 is 0 Å². The molecule has 45 valence electrons. The average molecular weight is 125 g/mol. The molecule has 0 atom stereocenters. The van der Waals surface area contributed by atoms with Crippen LogP contribution >= 0.6 is 8.58 Å². The van der Waals surface area contributed by atoms with Crippen LogP contribution in [-0.4, -0.2) is 30.2 Å². The Bertz CT molecular complexity index is 37.8. The fraction of sp³-hybridized carbons (Fsp3) is 1.00. The first kappa shape index (κ1) is 11.8. The van der Waals surface area contributed by atoms with Crippen LogP contribution in [0.2, 0.25) is 0 Å². The molecule has 0 rings (SSSR count). The van der Waals surface area contributed by atoms with Crippen molar-refractivity contribution < 1.29 is 0 Å². The molecular formula is C6H15LiP. The molecule has 0 aromatic rings. The molecule has 0 heterocycles. The zero-order valence-corrected chi connectivity index (χ0v) is 7.65. The van der Waals surface area contributed by atoms with E-state index in [1.807, 2.05) is 0 Å². The van der Waals surface area contributed by atoms with Crippen molar-refractivity contribution in [3.63, 3.8) is 0 Å². The fourth-order valence-corrected chi connectivity index (χ4v) is 2.00. The van der Waals surface area contributed by atoms with Gasteiger partial charge < -0.3 is 0 Å². The standard InChI is InChI=1S/C6H15P.Li/c1-5(2)7-6(3)4;/h5-7H,1-4H3;. The molecule has 2 heteroatoms. The van der Waals surface area contributed by atoms with Gasteiger partial charge >= 0.3 is 0 Å². The molecule has 0 aromatic carbocycles. The predicted octanol–water partition coefficient (Wildman–Crippen LogP) is 2.10. The second-order valence-electron chi connectivity index (χ2n) is 2.48. The van der Waals surface area contributed by atoms with Crippen molar-refractivity contribution in [2.45, 2.75) is 39.0 Å². The van der Waals surface area contributed by atoms with Crippen molar-refractivity contribution in [2.75, 3.05) is 0 Å². The Morgan fingerprint density at radius 1 is 0.875 bits per heavy atom. The van der Waals surface area contributed by atoms with Gasteiger partial charge in [0.15, 0.2) is 0 Å². The molecular weight excluding hydrogens is 110 g/mol. The van der Waals surface area contributed by atoms with E-state index >= 15 is 0 Å². The smallest absolute Gasteiger partial charge is 0 e. The summed E-state index contributed by atoms with van der Waals surface area (Å²) in [6.45, 7) is 9.10. The molecule has 0 saturated carbocycles. The third-order valence-electron chi connectivity index (χ3n) is 0.667. The van der Waals surface area contributed by atoms with Gasteiger partial charge in [-0.15, -0.1) is 8.58 Å². The fourth-order valence-electron chi connectivity index (χ4n) is 0.667. The predicted molar refractivity (Wildman–Crippen MR) is 44.3 cm³/mol. The van der Waals surface area contributed by atoms with Crippen LogP contribution in [0.25, 0.3) is 0 Å². The minimum absolute atomic E-state index is 0. The van der Waals surface area contributed by atoms with E-state index in [-0.39, 0.29) is 18.9 Å². The van der Waals surface area contributed by atoms with Crippen LogP contribution in [0, 0.1) is 0 Å². The molecule has 0 aliphatic carbocycles. The summed E-state index contributed by atoms with van der Waals surface area (Å²) in [5, 5.41) is 0. The summed E-state index contributed by atoms with van der Waals surface area (Å²) in [6.07, 6.45) is 0. The second kappa shape index (κ2) is 6.15. The Balaban J connectivity index is 0. The van der Waals surface area contributed by atoms with Crippen molar-refractivity contribution in [3.8, 4) is 0 Å². The number of rotatable bonds is 2. The van der Waals surface area contributed by atoms with Gasteiger partial charge in [-0.05, 0) is 11.3 Å². The monoisotopic (exact) mass is 125 g/mol. The first-order chi connectivity index (χ1) is 3.13. The van der Waals surface area contributed by atoms with Crippen LogP contribution in [0.4, 0.5) is 0 Å². The summed E-state index contributed by atoms with van der Waals surface area (Å²) < 4.78 is 0. The van der Waals surface area contributed by atoms with E-state index in [2.05, 4.69) is 27.7 Å². The Morgan fingerprint density at radius 3 is 1.12 bits per heavy atom. The first-order valence-corrected chi connectivity index (χ1v) is 4.04. The molecule has 0 aliphatic heterocycles. The molecule has 1 radical (unpaired) electrons. The molecule has 0 aliphatic rings. The minimum Gasteiger partial charge on any atom is -0.117 e. The maximum absolute atomic E-state index is 2.28. The van der Waals surface area contributed by atoms with Gasteiger partial charge in [0.1, 0.15) is 0 Å². The van der Waals surface area contributed by atoms with Gasteiger partial charge in [0, 0.05) is 18.9 Å². The largest absolute Gasteiger partial charge is 0.117 e. The Labute approximate surface area is 66.8 Å². The Kier molecular flexibility index (Phi) is 9.06. The SMILES string of the molecule is CC(C)PC(C)C.[Li]. The molecule has 0 fully saturated rings. The normalized spacial score (nSPS) is 9.75. The van der Waals surface area contributed by atoms with Crippen LogP contribution in [0.3, 0.4) is 0 Å². The maximum Gasteiger partial charge on any atom is 0 e. The maximum atomic E-state index is 2.28. The molecule has 0 saturated heterocycles. The summed E-state index contributed by atoms with van der Waals surface area (Å²) >= 11 is 0. The molecule has 0 N–H and O–H groups in total. The summed E-state index contributed by atoms with van der Waals surface area (Å²) in [5.41, 5.74) is 1.81. The van der Waals surface area contributed by atoms with Crippen molar-refractivity contribution in [3.05, 3.63) is 0 Å². The van der Waals surface area contributed by atoms with E-state index in [4.69, 9.17) is 0 Å². The van der Waals surface area contributed by atoms with Gasteiger partial charge in [-0.2, -0.15) is 0 Å². The van der Waals surface area contributed by atoms with Crippen molar-refractivity contribution in [1.29, 1.82) is 0 Å². The third kappa shape index (κ3) is 10.1. The van der Waals surface area contributed by atoms with Crippen LogP contribution in [-0.2, 0) is 0 Å². The third-order valence-corrected chi connectivity index (χ3v) is 2.00. The van der Waals surface area contributed by atoms with Crippen molar-refractivity contribution in [1.82, 2.24) is 0 Å². The summed E-state index contributed by atoms with van der Waals surface area (Å²) in [4.78, 5) is 0. The van der Waals surface area contributed by atoms with Crippen LogP contribution < -0.4 is 0 Å². The van der Waals surface area contributed by atoms with E-state index in [0.717, 1.165) is 19.9 Å². The van der Waals surface area contributed by atoms with Gasteiger partial charge in [0.05, 0.1) is 0 Å². The summed E-state index contributed by atoms with van der Waals surface area (Å²) in [5.74, 6) is 0. The van der Waals surface area contributed by atoms with Gasteiger partial charge in [-0.25, -0.2) is 0 Å². The van der Waals surface area contributed by atoms with Gasteiger partial charge in [-0.3, -0.25) is 0 Å². The first-order valence-electron chi connectivity index (χ1n) is 2.89. The molecule has 0 amide bonds. The van der Waals surface area contributed by atoms with Crippen molar-refractivity contribution in [2.24, 2.45) is 0 Å². The summed E-state index contributed by atoms with van der Waals surface area (Å²) in [6, 6.07) is 0. The van der Waals surface area contributed by atoms with Gasteiger partial charge in [-0.1, -0.05) is 27.7 Å². The zero-order chi connectivity index (χ0) is 5.86.